The van der Waals surface area contributed by atoms with Crippen LogP contribution in [0.5, 0.6) is 0 Å². The van der Waals surface area contributed by atoms with Crippen molar-refractivity contribution in [2.75, 3.05) is 7.11 Å². The van der Waals surface area contributed by atoms with Gasteiger partial charge in [-0.2, -0.15) is 0 Å². The molecule has 0 saturated heterocycles. The van der Waals surface area contributed by atoms with Crippen LogP contribution in [-0.4, -0.2) is 18.0 Å². The predicted molar refractivity (Wildman–Crippen MR) is 83.8 cm³/mol. The van der Waals surface area contributed by atoms with Gasteiger partial charge in [-0.25, -0.2) is 0 Å². The number of carbonyl (C=O) groups is 1. The van der Waals surface area contributed by atoms with Crippen LogP contribution in [0.25, 0.3) is 5.76 Å². The number of hydrogen-bond donors (Lipinski definition) is 1. The molecular weight excluding hydrogens is 311 g/mol. The van der Waals surface area contributed by atoms with E-state index in [1.54, 1.807) is 48.5 Å². The number of allylic oxidation sites excluding steroid dienone is 1. The van der Waals surface area contributed by atoms with Crippen molar-refractivity contribution in [2.45, 2.75) is 0 Å². The molecule has 0 radical (unpaired) electrons. The van der Waals surface area contributed by atoms with Gasteiger partial charge in [-0.1, -0.05) is 23.2 Å². The molecule has 1 N–H and O–H groups in total. The van der Waals surface area contributed by atoms with Gasteiger partial charge >= 0.3 is 0 Å². The van der Waals surface area contributed by atoms with Gasteiger partial charge in [0.25, 0.3) is 0 Å². The number of aliphatic hydroxyl groups is 1. The molecular formula is C16H12Cl2O3. The number of carbonyl (C=O) groups excluding carboxylic acids is 1. The van der Waals surface area contributed by atoms with E-state index >= 15 is 0 Å². The van der Waals surface area contributed by atoms with Crippen LogP contribution in [0.1, 0.15) is 15.9 Å². The van der Waals surface area contributed by atoms with Crippen LogP contribution in [-0.2, 0) is 4.74 Å². The first kappa shape index (κ1) is 15.4. The molecule has 2 rings (SSSR count). The number of aliphatic hydroxyl groups excluding tert-OH is 1. The third-order valence-corrected chi connectivity index (χ3v) is 3.35. The summed E-state index contributed by atoms with van der Waals surface area (Å²) in [5.41, 5.74) is 0.815. The Balaban J connectivity index is 2.41. The Kier molecular flexibility index (Phi) is 4.89. The summed E-state index contributed by atoms with van der Waals surface area (Å²) in [4.78, 5) is 12.4. The van der Waals surface area contributed by atoms with Crippen LogP contribution in [0.2, 0.25) is 10.0 Å². The van der Waals surface area contributed by atoms with Crippen molar-refractivity contribution < 1.29 is 14.6 Å². The number of ether oxygens (including phenoxy) is 1. The first-order chi connectivity index (χ1) is 10.0. The van der Waals surface area contributed by atoms with Gasteiger partial charge < -0.3 is 9.84 Å². The molecule has 5 heteroatoms. The first-order valence-corrected chi connectivity index (χ1v) is 6.82. The Morgan fingerprint density at radius 1 is 0.905 bits per heavy atom. The molecule has 2 aromatic rings. The molecule has 0 atom stereocenters. The molecule has 0 bridgehead atoms. The van der Waals surface area contributed by atoms with Gasteiger partial charge in [-0.15, -0.1) is 0 Å². The molecule has 2 aromatic carbocycles. The molecule has 108 valence electrons. The summed E-state index contributed by atoms with van der Waals surface area (Å²) in [6.07, 6.45) is 0. The lowest BCUT2D eigenvalue weighted by atomic mass is 10.1. The quantitative estimate of drug-likeness (QED) is 0.502. The Bertz CT molecular complexity index is 674. The zero-order valence-electron chi connectivity index (χ0n) is 11.1. The largest absolute Gasteiger partial charge is 0.504 e. The van der Waals surface area contributed by atoms with E-state index in [1.165, 1.54) is 7.11 Å². The van der Waals surface area contributed by atoms with Crippen molar-refractivity contribution in [3.05, 3.63) is 75.5 Å². The second-order valence-corrected chi connectivity index (χ2v) is 5.10. The van der Waals surface area contributed by atoms with Gasteiger partial charge in [0.1, 0.15) is 0 Å². The number of rotatable bonds is 4. The average Bonchev–Trinajstić information content (AvgIpc) is 2.49. The second-order valence-electron chi connectivity index (χ2n) is 4.22. The normalized spacial score (nSPS) is 11.8. The van der Waals surface area contributed by atoms with Crippen LogP contribution in [0.3, 0.4) is 0 Å². The van der Waals surface area contributed by atoms with Gasteiger partial charge in [-0.3, -0.25) is 4.79 Å². The third-order valence-electron chi connectivity index (χ3n) is 2.85. The van der Waals surface area contributed by atoms with E-state index in [9.17, 15) is 9.90 Å². The fourth-order valence-electron chi connectivity index (χ4n) is 1.77. The maximum Gasteiger partial charge on any atom is 0.231 e. The van der Waals surface area contributed by atoms with Crippen LogP contribution >= 0.6 is 23.2 Å². The predicted octanol–water partition coefficient (Wildman–Crippen LogP) is 4.75. The maximum absolute atomic E-state index is 12.4. The van der Waals surface area contributed by atoms with Crippen LogP contribution in [0.15, 0.2) is 54.3 Å². The van der Waals surface area contributed by atoms with Crippen molar-refractivity contribution in [3.8, 4) is 0 Å². The van der Waals surface area contributed by atoms with Crippen molar-refractivity contribution in [1.82, 2.24) is 0 Å². The highest BCUT2D eigenvalue weighted by molar-refractivity contribution is 6.31. The summed E-state index contributed by atoms with van der Waals surface area (Å²) in [7, 11) is 1.33. The van der Waals surface area contributed by atoms with E-state index in [0.29, 0.717) is 21.2 Å². The van der Waals surface area contributed by atoms with Crippen molar-refractivity contribution >= 4 is 34.7 Å². The summed E-state index contributed by atoms with van der Waals surface area (Å²) >= 11 is 11.6. The summed E-state index contributed by atoms with van der Waals surface area (Å²) in [6.45, 7) is 0. The van der Waals surface area contributed by atoms with Crippen LogP contribution in [0, 0.1) is 0 Å². The van der Waals surface area contributed by atoms with Crippen LogP contribution < -0.4 is 0 Å². The summed E-state index contributed by atoms with van der Waals surface area (Å²) in [5, 5.41) is 11.3. The van der Waals surface area contributed by atoms with Crippen LogP contribution in [0.4, 0.5) is 0 Å². The number of ketones is 1. The maximum atomic E-state index is 12.4. The standard InChI is InChI=1S/C16H12Cl2O3/c1-21-16(14(19)10-2-6-12(17)7-3-10)15(20)11-4-8-13(18)9-5-11/h2-9,19H,1H3. The molecule has 3 nitrogen and oxygen atoms in total. The van der Waals surface area contributed by atoms with Crippen molar-refractivity contribution in [3.63, 3.8) is 0 Å². The van der Waals surface area contributed by atoms with E-state index in [1.807, 2.05) is 0 Å². The highest BCUT2D eigenvalue weighted by Crippen LogP contribution is 2.22. The average molecular weight is 323 g/mol. The molecule has 0 aliphatic heterocycles. The minimum atomic E-state index is -0.429. The first-order valence-electron chi connectivity index (χ1n) is 6.06. The number of Topliss-reactive ketones (excluding diaryl/α,β-unsaturated/α-hetero) is 1. The lowest BCUT2D eigenvalue weighted by molar-refractivity contribution is 0.0950. The van der Waals surface area contributed by atoms with Gasteiger partial charge in [0, 0.05) is 21.2 Å². The summed E-state index contributed by atoms with van der Waals surface area (Å²) in [5.74, 6) is -0.810. The zero-order chi connectivity index (χ0) is 15.4. The molecule has 21 heavy (non-hydrogen) atoms. The number of benzene rings is 2. The Morgan fingerprint density at radius 2 is 1.33 bits per heavy atom. The number of halogens is 2. The second kappa shape index (κ2) is 6.66. The van der Waals surface area contributed by atoms with Gasteiger partial charge in [-0.05, 0) is 48.5 Å². The number of hydrogen-bond acceptors (Lipinski definition) is 3. The molecule has 0 spiro atoms. The highest BCUT2D eigenvalue weighted by Gasteiger charge is 2.19. The molecule has 0 aliphatic carbocycles. The summed E-state index contributed by atoms with van der Waals surface area (Å²) in [6, 6.07) is 12.8. The van der Waals surface area contributed by atoms with Gasteiger partial charge in [0.2, 0.25) is 11.5 Å². The fraction of sp³-hybridized carbons (Fsp3) is 0.0625. The molecule has 0 unspecified atom stereocenters. The smallest absolute Gasteiger partial charge is 0.231 e. The Hall–Kier alpha value is -1.97. The van der Waals surface area contributed by atoms with E-state index in [2.05, 4.69) is 0 Å². The van der Waals surface area contributed by atoms with E-state index in [-0.39, 0.29) is 11.5 Å². The monoisotopic (exact) mass is 322 g/mol. The molecule has 0 saturated carbocycles. The third kappa shape index (κ3) is 3.57. The van der Waals surface area contributed by atoms with E-state index < -0.39 is 5.78 Å². The van der Waals surface area contributed by atoms with E-state index in [4.69, 9.17) is 27.9 Å². The molecule has 0 amide bonds. The Labute approximate surface area is 132 Å². The Morgan fingerprint density at radius 3 is 1.76 bits per heavy atom. The van der Waals surface area contributed by atoms with Crippen molar-refractivity contribution in [1.29, 1.82) is 0 Å². The lowest BCUT2D eigenvalue weighted by Gasteiger charge is -2.09. The molecule has 0 aliphatic rings. The van der Waals surface area contributed by atoms with Crippen molar-refractivity contribution in [2.24, 2.45) is 0 Å². The minimum absolute atomic E-state index is 0.139. The SMILES string of the molecule is COC(C(=O)c1ccc(Cl)cc1)=C(O)c1ccc(Cl)cc1. The topological polar surface area (TPSA) is 46.5 Å². The molecule has 0 fully saturated rings. The number of methoxy groups -OCH3 is 1. The van der Waals surface area contributed by atoms with Gasteiger partial charge in [0.15, 0.2) is 5.76 Å². The molecule has 0 heterocycles. The highest BCUT2D eigenvalue weighted by atomic mass is 35.5. The molecule has 0 aromatic heterocycles. The lowest BCUT2D eigenvalue weighted by Crippen LogP contribution is -2.08. The zero-order valence-corrected chi connectivity index (χ0v) is 12.7. The van der Waals surface area contributed by atoms with Gasteiger partial charge in [0.05, 0.1) is 7.11 Å². The van der Waals surface area contributed by atoms with E-state index in [0.717, 1.165) is 0 Å². The minimum Gasteiger partial charge on any atom is -0.504 e. The fourth-order valence-corrected chi connectivity index (χ4v) is 2.02. The summed E-state index contributed by atoms with van der Waals surface area (Å²) < 4.78 is 5.06.